The van der Waals surface area contributed by atoms with E-state index in [-0.39, 0.29) is 5.69 Å². The monoisotopic (exact) mass is 165 g/mol. The van der Waals surface area contributed by atoms with E-state index < -0.39 is 0 Å². The quantitative estimate of drug-likeness (QED) is 0.691. The van der Waals surface area contributed by atoms with Gasteiger partial charge in [-0.2, -0.15) is 0 Å². The maximum atomic E-state index is 11.0. The highest BCUT2D eigenvalue weighted by Crippen LogP contribution is 1.97. The van der Waals surface area contributed by atoms with E-state index in [4.69, 9.17) is 4.52 Å². The molecule has 0 amide bonds. The van der Waals surface area contributed by atoms with Crippen molar-refractivity contribution in [3.8, 4) is 0 Å². The van der Waals surface area contributed by atoms with Crippen molar-refractivity contribution in [2.45, 2.75) is 6.54 Å². The molecule has 1 N–H and O–H groups in total. The third-order valence-electron chi connectivity index (χ3n) is 1.54. The van der Waals surface area contributed by atoms with Crippen LogP contribution in [-0.2, 0) is 6.54 Å². The highest BCUT2D eigenvalue weighted by atomic mass is 16.5. The molecule has 0 saturated carbocycles. The molecule has 5 heteroatoms. The third-order valence-corrected chi connectivity index (χ3v) is 1.54. The third kappa shape index (κ3) is 1.16. The molecule has 0 radical (unpaired) electrons. The second-order valence-electron chi connectivity index (χ2n) is 2.37. The predicted octanol–water partition coefficient (Wildman–Crippen LogP) is 0.213. The van der Waals surface area contributed by atoms with E-state index in [0.29, 0.717) is 12.3 Å². The van der Waals surface area contributed by atoms with Gasteiger partial charge in [0.2, 0.25) is 0 Å². The zero-order chi connectivity index (χ0) is 8.39. The zero-order valence-electron chi connectivity index (χ0n) is 6.23. The Labute approximate surface area is 67.6 Å². The number of nitrogens with zero attached hydrogens (tertiary/aromatic N) is 2. The molecule has 0 aliphatic heterocycles. The van der Waals surface area contributed by atoms with E-state index >= 15 is 0 Å². The van der Waals surface area contributed by atoms with E-state index in [0.717, 1.165) is 0 Å². The molecule has 0 bridgehead atoms. The van der Waals surface area contributed by atoms with Crippen molar-refractivity contribution in [1.29, 1.82) is 0 Å². The smallest absolute Gasteiger partial charge is 0.325 e. The Kier molecular flexibility index (Phi) is 1.55. The summed E-state index contributed by atoms with van der Waals surface area (Å²) in [5, 5.41) is 3.53. The van der Waals surface area contributed by atoms with Crippen LogP contribution in [0.15, 0.2) is 34.0 Å². The van der Waals surface area contributed by atoms with Crippen LogP contribution in [0.3, 0.4) is 0 Å². The summed E-state index contributed by atoms with van der Waals surface area (Å²) in [5.74, 6) is 0.664. The lowest BCUT2D eigenvalue weighted by molar-refractivity contribution is 0.375. The molecule has 0 spiro atoms. The van der Waals surface area contributed by atoms with E-state index in [1.165, 1.54) is 4.57 Å². The van der Waals surface area contributed by atoms with Gasteiger partial charge in [-0.15, -0.1) is 0 Å². The highest BCUT2D eigenvalue weighted by molar-refractivity contribution is 4.94. The Balaban J connectivity index is 2.25. The summed E-state index contributed by atoms with van der Waals surface area (Å²) in [5.41, 5.74) is -0.147. The number of hydrogen-bond donors (Lipinski definition) is 1. The average Bonchev–Trinajstić information content (AvgIpc) is 2.65. The summed E-state index contributed by atoms with van der Waals surface area (Å²) in [6, 6.07) is 1.72. The SMILES string of the molecule is O=c1[nH]ccn1Cc1ccno1. The van der Waals surface area contributed by atoms with Crippen LogP contribution >= 0.6 is 0 Å². The van der Waals surface area contributed by atoms with Crippen LogP contribution in [0.25, 0.3) is 0 Å². The normalized spacial score (nSPS) is 10.3. The highest BCUT2D eigenvalue weighted by Gasteiger charge is 2.00. The van der Waals surface area contributed by atoms with Crippen molar-refractivity contribution >= 4 is 0 Å². The number of H-pyrrole nitrogens is 1. The van der Waals surface area contributed by atoms with Gasteiger partial charge in [0.25, 0.3) is 0 Å². The molecule has 5 nitrogen and oxygen atoms in total. The van der Waals surface area contributed by atoms with Crippen molar-refractivity contribution < 1.29 is 4.52 Å². The minimum atomic E-state index is -0.147. The summed E-state index contributed by atoms with van der Waals surface area (Å²) in [4.78, 5) is 13.5. The first-order valence-electron chi connectivity index (χ1n) is 3.49. The molecule has 12 heavy (non-hydrogen) atoms. The van der Waals surface area contributed by atoms with Crippen LogP contribution in [-0.4, -0.2) is 14.7 Å². The molecule has 2 heterocycles. The lowest BCUT2D eigenvalue weighted by Gasteiger charge is -1.93. The van der Waals surface area contributed by atoms with E-state index in [1.54, 1.807) is 24.7 Å². The molecule has 2 rings (SSSR count). The zero-order valence-corrected chi connectivity index (χ0v) is 6.23. The Morgan fingerprint density at radius 3 is 3.17 bits per heavy atom. The number of hydrogen-bond acceptors (Lipinski definition) is 3. The van der Waals surface area contributed by atoms with Crippen molar-refractivity contribution in [2.75, 3.05) is 0 Å². The lowest BCUT2D eigenvalue weighted by Crippen LogP contribution is -2.16. The van der Waals surface area contributed by atoms with Gasteiger partial charge in [0.15, 0.2) is 5.76 Å². The number of aromatic amines is 1. The van der Waals surface area contributed by atoms with Gasteiger partial charge in [-0.3, -0.25) is 4.57 Å². The van der Waals surface area contributed by atoms with Crippen molar-refractivity contribution in [2.24, 2.45) is 0 Å². The van der Waals surface area contributed by atoms with Crippen molar-refractivity contribution in [1.82, 2.24) is 14.7 Å². The molecular weight excluding hydrogens is 158 g/mol. The van der Waals surface area contributed by atoms with Crippen LogP contribution in [0.1, 0.15) is 5.76 Å². The summed E-state index contributed by atoms with van der Waals surface area (Å²) < 4.78 is 6.34. The van der Waals surface area contributed by atoms with Gasteiger partial charge in [0.1, 0.15) is 0 Å². The molecule has 0 atom stereocenters. The topological polar surface area (TPSA) is 63.8 Å². The summed E-state index contributed by atoms with van der Waals surface area (Å²) in [6.07, 6.45) is 4.79. The fourth-order valence-electron chi connectivity index (χ4n) is 0.965. The molecule has 0 aliphatic rings. The van der Waals surface area contributed by atoms with Crippen LogP contribution < -0.4 is 5.69 Å². The van der Waals surface area contributed by atoms with Crippen LogP contribution in [0.2, 0.25) is 0 Å². The summed E-state index contributed by atoms with van der Waals surface area (Å²) in [6.45, 7) is 0.419. The Hall–Kier alpha value is -1.78. The molecule has 2 aromatic heterocycles. The van der Waals surface area contributed by atoms with Gasteiger partial charge < -0.3 is 9.51 Å². The van der Waals surface area contributed by atoms with Crippen molar-refractivity contribution in [3.63, 3.8) is 0 Å². The second-order valence-corrected chi connectivity index (χ2v) is 2.37. The predicted molar refractivity (Wildman–Crippen MR) is 40.7 cm³/mol. The minimum Gasteiger partial charge on any atom is -0.359 e. The summed E-state index contributed by atoms with van der Waals surface area (Å²) >= 11 is 0. The van der Waals surface area contributed by atoms with E-state index in [1.807, 2.05) is 0 Å². The minimum absolute atomic E-state index is 0.147. The van der Waals surface area contributed by atoms with Crippen molar-refractivity contribution in [3.05, 3.63) is 40.9 Å². The van der Waals surface area contributed by atoms with Crippen LogP contribution in [0, 0.1) is 0 Å². The number of nitrogens with one attached hydrogen (secondary N) is 1. The van der Waals surface area contributed by atoms with Crippen LogP contribution in [0.5, 0.6) is 0 Å². The molecule has 2 aromatic rings. The lowest BCUT2D eigenvalue weighted by atomic mass is 10.4. The first kappa shape index (κ1) is 6.90. The number of aromatic nitrogens is 3. The first-order chi connectivity index (χ1) is 5.86. The van der Waals surface area contributed by atoms with Gasteiger partial charge in [0, 0.05) is 18.5 Å². The molecule has 0 aliphatic carbocycles. The summed E-state index contributed by atoms with van der Waals surface area (Å²) in [7, 11) is 0. The standard InChI is InChI=1S/C7H7N3O2/c11-7-8-3-4-10(7)5-6-1-2-9-12-6/h1-4H,5H2,(H,8,11). The Morgan fingerprint density at radius 1 is 1.67 bits per heavy atom. The molecule has 0 fully saturated rings. The molecule has 0 unspecified atom stereocenters. The average molecular weight is 165 g/mol. The maximum absolute atomic E-state index is 11.0. The fraction of sp³-hybridized carbons (Fsp3) is 0.143. The maximum Gasteiger partial charge on any atom is 0.325 e. The Morgan fingerprint density at radius 2 is 2.58 bits per heavy atom. The van der Waals surface area contributed by atoms with Gasteiger partial charge >= 0.3 is 5.69 Å². The molecular formula is C7H7N3O2. The van der Waals surface area contributed by atoms with Gasteiger partial charge in [-0.1, -0.05) is 5.16 Å². The second kappa shape index (κ2) is 2.69. The van der Waals surface area contributed by atoms with Gasteiger partial charge in [-0.25, -0.2) is 4.79 Å². The molecule has 0 saturated heterocycles. The molecule has 0 aromatic carbocycles. The number of rotatable bonds is 2. The van der Waals surface area contributed by atoms with Crippen LogP contribution in [0.4, 0.5) is 0 Å². The van der Waals surface area contributed by atoms with Gasteiger partial charge in [-0.05, 0) is 0 Å². The largest absolute Gasteiger partial charge is 0.359 e. The first-order valence-corrected chi connectivity index (χ1v) is 3.49. The van der Waals surface area contributed by atoms with E-state index in [9.17, 15) is 4.79 Å². The fourth-order valence-corrected chi connectivity index (χ4v) is 0.965. The van der Waals surface area contributed by atoms with Gasteiger partial charge in [0.05, 0.1) is 12.7 Å². The molecule has 62 valence electrons. The number of imidazole rings is 1. The Bertz CT molecular complexity index is 398. The van der Waals surface area contributed by atoms with E-state index in [2.05, 4.69) is 10.1 Å².